The van der Waals surface area contributed by atoms with Gasteiger partial charge in [0, 0.05) is 35.6 Å². The Hall–Kier alpha value is -2.71. The second kappa shape index (κ2) is 7.50. The molecular formula is C18H15ClN6OS. The molecule has 0 amide bonds. The highest BCUT2D eigenvalue weighted by Crippen LogP contribution is 2.35. The van der Waals surface area contributed by atoms with E-state index in [9.17, 15) is 0 Å². The van der Waals surface area contributed by atoms with Crippen LogP contribution < -0.4 is 0 Å². The van der Waals surface area contributed by atoms with Crippen LogP contribution in [0.1, 0.15) is 18.1 Å². The molecule has 1 aromatic carbocycles. The number of aromatic nitrogens is 6. The summed E-state index contributed by atoms with van der Waals surface area (Å²) in [5.41, 5.74) is 1.70. The zero-order chi connectivity index (χ0) is 18.8. The molecule has 0 unspecified atom stereocenters. The smallest absolute Gasteiger partial charge is 0.247 e. The highest BCUT2D eigenvalue weighted by molar-refractivity contribution is 7.99. The second-order valence-corrected chi connectivity index (χ2v) is 7.57. The monoisotopic (exact) mass is 398 g/mol. The van der Waals surface area contributed by atoms with Gasteiger partial charge >= 0.3 is 0 Å². The van der Waals surface area contributed by atoms with E-state index in [1.807, 2.05) is 42.8 Å². The molecule has 0 fully saturated rings. The number of benzene rings is 1. The largest absolute Gasteiger partial charge is 0.419 e. The Morgan fingerprint density at radius 1 is 1.07 bits per heavy atom. The van der Waals surface area contributed by atoms with E-state index in [4.69, 9.17) is 16.0 Å². The molecule has 1 atom stereocenters. The number of thioether (sulfide) groups is 1. The van der Waals surface area contributed by atoms with Crippen molar-refractivity contribution >= 4 is 23.4 Å². The highest BCUT2D eigenvalue weighted by Gasteiger charge is 2.20. The first kappa shape index (κ1) is 17.7. The minimum Gasteiger partial charge on any atom is -0.419 e. The van der Waals surface area contributed by atoms with Gasteiger partial charge < -0.3 is 8.98 Å². The molecule has 136 valence electrons. The lowest BCUT2D eigenvalue weighted by Crippen LogP contribution is -1.97. The van der Waals surface area contributed by atoms with E-state index in [2.05, 4.69) is 25.4 Å². The molecule has 0 radical (unpaired) electrons. The lowest BCUT2D eigenvalue weighted by molar-refractivity contribution is 0.508. The SMILES string of the molecule is C[C@H](Sc1nnc(-c2cccnc2)n1C)c1nnc(-c2cccc(Cl)c2)o1. The van der Waals surface area contributed by atoms with Gasteiger partial charge in [0.2, 0.25) is 11.8 Å². The van der Waals surface area contributed by atoms with Gasteiger partial charge in [-0.05, 0) is 37.3 Å². The number of nitrogens with zero attached hydrogens (tertiary/aromatic N) is 6. The Morgan fingerprint density at radius 3 is 2.70 bits per heavy atom. The first-order valence-electron chi connectivity index (χ1n) is 8.17. The quantitative estimate of drug-likeness (QED) is 0.459. The fourth-order valence-corrected chi connectivity index (χ4v) is 3.54. The van der Waals surface area contributed by atoms with Crippen LogP contribution in [0.25, 0.3) is 22.8 Å². The predicted octanol–water partition coefficient (Wildman–Crippen LogP) is 4.43. The van der Waals surface area contributed by atoms with Crippen LogP contribution >= 0.6 is 23.4 Å². The number of halogens is 1. The summed E-state index contributed by atoms with van der Waals surface area (Å²) in [6.07, 6.45) is 3.49. The zero-order valence-electron chi connectivity index (χ0n) is 14.6. The molecule has 0 saturated heterocycles. The maximum absolute atomic E-state index is 6.03. The third kappa shape index (κ3) is 3.72. The van der Waals surface area contributed by atoms with Crippen molar-refractivity contribution in [2.75, 3.05) is 0 Å². The van der Waals surface area contributed by atoms with E-state index in [0.717, 1.165) is 22.1 Å². The van der Waals surface area contributed by atoms with Gasteiger partial charge in [0.05, 0.1) is 5.25 Å². The van der Waals surface area contributed by atoms with Crippen molar-refractivity contribution < 1.29 is 4.42 Å². The van der Waals surface area contributed by atoms with Crippen LogP contribution in [0, 0.1) is 0 Å². The molecular weight excluding hydrogens is 384 g/mol. The van der Waals surface area contributed by atoms with E-state index in [-0.39, 0.29) is 5.25 Å². The average Bonchev–Trinajstić information content (AvgIpc) is 3.31. The summed E-state index contributed by atoms with van der Waals surface area (Å²) in [6.45, 7) is 1.98. The van der Waals surface area contributed by atoms with Gasteiger partial charge in [-0.1, -0.05) is 29.4 Å². The van der Waals surface area contributed by atoms with Gasteiger partial charge in [0.25, 0.3) is 0 Å². The number of pyridine rings is 1. The van der Waals surface area contributed by atoms with Gasteiger partial charge in [-0.25, -0.2) is 0 Å². The standard InChI is InChI=1S/C18H15ClN6OS/c1-11(16-22-23-17(26-16)12-5-3-7-14(19)9-12)27-18-24-21-15(25(18)2)13-6-4-8-20-10-13/h3-11H,1-2H3/t11-/m0/s1. The summed E-state index contributed by atoms with van der Waals surface area (Å²) in [7, 11) is 1.92. The van der Waals surface area contributed by atoms with Crippen molar-refractivity contribution in [1.29, 1.82) is 0 Å². The molecule has 0 aliphatic heterocycles. The summed E-state index contributed by atoms with van der Waals surface area (Å²) >= 11 is 7.52. The molecule has 0 saturated carbocycles. The molecule has 0 bridgehead atoms. The Balaban J connectivity index is 1.53. The fourth-order valence-electron chi connectivity index (χ4n) is 2.51. The van der Waals surface area contributed by atoms with Crippen LogP contribution in [0.4, 0.5) is 0 Å². The summed E-state index contributed by atoms with van der Waals surface area (Å²) in [5, 5.41) is 18.1. The molecule has 3 aromatic heterocycles. The molecule has 0 spiro atoms. The van der Waals surface area contributed by atoms with Crippen LogP contribution in [-0.4, -0.2) is 29.9 Å². The fraction of sp³-hybridized carbons (Fsp3) is 0.167. The van der Waals surface area contributed by atoms with Crippen molar-refractivity contribution in [3.8, 4) is 22.8 Å². The lowest BCUT2D eigenvalue weighted by atomic mass is 10.2. The molecule has 4 aromatic rings. The Morgan fingerprint density at radius 2 is 1.93 bits per heavy atom. The maximum Gasteiger partial charge on any atom is 0.247 e. The molecule has 27 heavy (non-hydrogen) atoms. The summed E-state index contributed by atoms with van der Waals surface area (Å²) in [6, 6.07) is 11.1. The van der Waals surface area contributed by atoms with Gasteiger partial charge in [0.15, 0.2) is 11.0 Å². The molecule has 7 nitrogen and oxygen atoms in total. The van der Waals surface area contributed by atoms with E-state index < -0.39 is 0 Å². The molecule has 9 heteroatoms. The third-order valence-corrected chi connectivity index (χ3v) is 5.25. The lowest BCUT2D eigenvalue weighted by Gasteiger charge is -2.06. The van der Waals surface area contributed by atoms with Crippen LogP contribution in [-0.2, 0) is 7.05 Å². The summed E-state index contributed by atoms with van der Waals surface area (Å²) < 4.78 is 7.74. The van der Waals surface area contributed by atoms with Crippen molar-refractivity contribution in [1.82, 2.24) is 29.9 Å². The molecule has 3 heterocycles. The van der Waals surface area contributed by atoms with E-state index in [1.54, 1.807) is 24.5 Å². The van der Waals surface area contributed by atoms with Crippen LogP contribution in [0.5, 0.6) is 0 Å². The van der Waals surface area contributed by atoms with Crippen molar-refractivity contribution in [2.45, 2.75) is 17.3 Å². The minimum absolute atomic E-state index is 0.0879. The molecule has 4 rings (SSSR count). The highest BCUT2D eigenvalue weighted by atomic mass is 35.5. The zero-order valence-corrected chi connectivity index (χ0v) is 16.1. The van der Waals surface area contributed by atoms with Gasteiger partial charge in [-0.2, -0.15) is 0 Å². The normalized spacial score (nSPS) is 12.3. The van der Waals surface area contributed by atoms with Gasteiger partial charge in [-0.15, -0.1) is 20.4 Å². The van der Waals surface area contributed by atoms with Crippen molar-refractivity contribution in [2.24, 2.45) is 7.05 Å². The number of rotatable bonds is 5. The summed E-state index contributed by atoms with van der Waals surface area (Å²) in [5.74, 6) is 1.71. The molecule has 0 aliphatic carbocycles. The van der Waals surface area contributed by atoms with Crippen molar-refractivity contribution in [3.63, 3.8) is 0 Å². The van der Waals surface area contributed by atoms with E-state index in [1.165, 1.54) is 11.8 Å². The average molecular weight is 399 g/mol. The predicted molar refractivity (Wildman–Crippen MR) is 103 cm³/mol. The number of hydrogen-bond donors (Lipinski definition) is 0. The van der Waals surface area contributed by atoms with E-state index >= 15 is 0 Å². The van der Waals surface area contributed by atoms with Crippen LogP contribution in [0.3, 0.4) is 0 Å². The van der Waals surface area contributed by atoms with Crippen LogP contribution in [0.2, 0.25) is 5.02 Å². The molecule has 0 aliphatic rings. The topological polar surface area (TPSA) is 82.5 Å². The van der Waals surface area contributed by atoms with E-state index in [0.29, 0.717) is 16.8 Å². The first-order valence-corrected chi connectivity index (χ1v) is 9.43. The maximum atomic E-state index is 6.03. The van der Waals surface area contributed by atoms with Crippen LogP contribution in [0.15, 0.2) is 58.4 Å². The number of hydrogen-bond acceptors (Lipinski definition) is 7. The van der Waals surface area contributed by atoms with Gasteiger partial charge in [-0.3, -0.25) is 4.98 Å². The minimum atomic E-state index is -0.0879. The first-order chi connectivity index (χ1) is 13.1. The van der Waals surface area contributed by atoms with Gasteiger partial charge in [0.1, 0.15) is 0 Å². The molecule has 0 N–H and O–H groups in total. The third-order valence-electron chi connectivity index (χ3n) is 3.90. The Labute approximate surface area is 164 Å². The Kier molecular flexibility index (Phi) is 4.91. The Bertz CT molecular complexity index is 1060. The second-order valence-electron chi connectivity index (χ2n) is 5.82. The van der Waals surface area contributed by atoms with Crippen molar-refractivity contribution in [3.05, 3.63) is 59.7 Å². The summed E-state index contributed by atoms with van der Waals surface area (Å²) in [4.78, 5) is 4.13.